The van der Waals surface area contributed by atoms with Gasteiger partial charge in [-0.3, -0.25) is 4.68 Å². The summed E-state index contributed by atoms with van der Waals surface area (Å²) in [6.07, 6.45) is 3.62. The van der Waals surface area contributed by atoms with E-state index in [9.17, 15) is 5.11 Å². The maximum absolute atomic E-state index is 10.1. The molecule has 1 saturated carbocycles. The van der Waals surface area contributed by atoms with Gasteiger partial charge in [0.1, 0.15) is 22.8 Å². The Labute approximate surface area is 237 Å². The highest BCUT2D eigenvalue weighted by atomic mass is 79.9. The summed E-state index contributed by atoms with van der Waals surface area (Å²) in [6.45, 7) is 8.27. The Balaban J connectivity index is 1.54. The van der Waals surface area contributed by atoms with Crippen molar-refractivity contribution in [3.05, 3.63) is 39.0 Å². The lowest BCUT2D eigenvalue weighted by atomic mass is 9.61. The molecule has 0 unspecified atom stereocenters. The number of ether oxygens (including phenoxy) is 2. The van der Waals surface area contributed by atoms with E-state index in [-0.39, 0.29) is 6.61 Å². The molecule has 10 heteroatoms. The number of benzene rings is 1. The Hall–Kier alpha value is -2.20. The van der Waals surface area contributed by atoms with Gasteiger partial charge in [0.05, 0.1) is 28.6 Å². The van der Waals surface area contributed by atoms with E-state index in [0.29, 0.717) is 40.1 Å². The number of halogens is 2. The van der Waals surface area contributed by atoms with E-state index in [0.717, 1.165) is 65.3 Å². The van der Waals surface area contributed by atoms with E-state index in [4.69, 9.17) is 31.0 Å². The summed E-state index contributed by atoms with van der Waals surface area (Å²) >= 11 is 10.3. The number of nitrogens with zero attached hydrogens (tertiary/aromatic N) is 5. The molecule has 3 heterocycles. The lowest BCUT2D eigenvalue weighted by Crippen LogP contribution is -2.64. The van der Waals surface area contributed by atoms with Crippen LogP contribution in [0, 0.1) is 19.3 Å². The zero-order chi connectivity index (χ0) is 27.2. The minimum atomic E-state index is -0.512. The summed E-state index contributed by atoms with van der Waals surface area (Å²) in [5, 5.41) is 15.2. The number of aliphatic hydroxyl groups excluding tert-OH is 1. The Kier molecular flexibility index (Phi) is 7.75. The van der Waals surface area contributed by atoms with Crippen LogP contribution < -0.4 is 9.64 Å². The van der Waals surface area contributed by atoms with Crippen molar-refractivity contribution in [1.29, 1.82) is 0 Å². The number of hydrogen-bond acceptors (Lipinski definition) is 7. The maximum Gasteiger partial charge on any atom is 0.163 e. The summed E-state index contributed by atoms with van der Waals surface area (Å²) in [4.78, 5) is 12.4. The van der Waals surface area contributed by atoms with Gasteiger partial charge in [-0.1, -0.05) is 24.9 Å². The van der Waals surface area contributed by atoms with E-state index in [1.807, 2.05) is 37.7 Å². The monoisotopic (exact) mass is 603 g/mol. The third kappa shape index (κ3) is 5.06. The molecule has 3 aromatic rings. The lowest BCUT2D eigenvalue weighted by molar-refractivity contribution is -0.0733. The molecule has 2 fully saturated rings. The molecular weight excluding hydrogens is 570 g/mol. The smallest absolute Gasteiger partial charge is 0.163 e. The van der Waals surface area contributed by atoms with Gasteiger partial charge in [0.25, 0.3) is 0 Å². The average Bonchev–Trinajstić information content (AvgIpc) is 3.09. The molecule has 0 bridgehead atoms. The van der Waals surface area contributed by atoms with Crippen molar-refractivity contribution in [2.45, 2.75) is 58.7 Å². The second kappa shape index (κ2) is 10.8. The van der Waals surface area contributed by atoms with Crippen molar-refractivity contribution in [2.24, 2.45) is 12.5 Å². The van der Waals surface area contributed by atoms with Gasteiger partial charge in [0.2, 0.25) is 0 Å². The van der Waals surface area contributed by atoms with E-state index in [1.54, 1.807) is 13.2 Å². The van der Waals surface area contributed by atoms with Crippen molar-refractivity contribution in [3.8, 4) is 28.5 Å². The molecule has 1 aromatic carbocycles. The first kappa shape index (κ1) is 27.4. The number of rotatable bonds is 9. The van der Waals surface area contributed by atoms with Crippen molar-refractivity contribution < 1.29 is 14.6 Å². The molecule has 1 aliphatic carbocycles. The van der Waals surface area contributed by atoms with Crippen LogP contribution >= 0.6 is 27.5 Å². The van der Waals surface area contributed by atoms with Gasteiger partial charge >= 0.3 is 0 Å². The maximum atomic E-state index is 10.1. The third-order valence-corrected chi connectivity index (χ3v) is 8.90. The fourth-order valence-electron chi connectivity index (χ4n) is 5.71. The van der Waals surface area contributed by atoms with Crippen molar-refractivity contribution in [1.82, 2.24) is 19.7 Å². The quantitative estimate of drug-likeness (QED) is 0.334. The van der Waals surface area contributed by atoms with Crippen LogP contribution in [0.2, 0.25) is 5.02 Å². The number of anilines is 1. The van der Waals surface area contributed by atoms with Crippen LogP contribution in [0.4, 0.5) is 5.82 Å². The lowest BCUT2D eigenvalue weighted by Gasteiger charge is -2.59. The van der Waals surface area contributed by atoms with Crippen LogP contribution in [0.5, 0.6) is 5.75 Å². The molecule has 8 nitrogen and oxygen atoms in total. The molecule has 1 N–H and O–H groups in total. The molecule has 38 heavy (non-hydrogen) atoms. The highest BCUT2D eigenvalue weighted by molar-refractivity contribution is 9.10. The predicted octanol–water partition coefficient (Wildman–Crippen LogP) is 5.73. The van der Waals surface area contributed by atoms with Crippen LogP contribution in [0.3, 0.4) is 0 Å². The summed E-state index contributed by atoms with van der Waals surface area (Å²) in [5.41, 5.74) is 4.79. The normalized spacial score (nSPS) is 17.4. The Morgan fingerprint density at radius 1 is 1.21 bits per heavy atom. The SMILES string of the molecule is CCC[C@@H](O)COc1ccc(Cl)c(-c2nc(-c3c(C)c(Br)nn3C)c(C)c(N3CC4(CC(OC)C4)C3)n2)c1. The molecule has 1 aliphatic heterocycles. The first-order valence-electron chi connectivity index (χ1n) is 13.1. The number of aliphatic hydroxyl groups is 1. The summed E-state index contributed by atoms with van der Waals surface area (Å²) in [7, 11) is 3.72. The van der Waals surface area contributed by atoms with Crippen LogP contribution in [0.15, 0.2) is 22.8 Å². The van der Waals surface area contributed by atoms with Gasteiger partial charge < -0.3 is 19.5 Å². The van der Waals surface area contributed by atoms with Crippen LogP contribution in [0.1, 0.15) is 43.7 Å². The zero-order valence-corrected chi connectivity index (χ0v) is 24.9. The topological polar surface area (TPSA) is 85.5 Å². The molecule has 5 rings (SSSR count). The summed E-state index contributed by atoms with van der Waals surface area (Å²) < 4.78 is 14.1. The zero-order valence-electron chi connectivity index (χ0n) is 22.6. The van der Waals surface area contributed by atoms with E-state index < -0.39 is 6.10 Å². The highest BCUT2D eigenvalue weighted by Gasteiger charge is 2.53. The van der Waals surface area contributed by atoms with Crippen molar-refractivity contribution in [2.75, 3.05) is 31.7 Å². The van der Waals surface area contributed by atoms with Gasteiger partial charge in [-0.05, 0) is 67.2 Å². The fourth-order valence-corrected chi connectivity index (χ4v) is 6.34. The Morgan fingerprint density at radius 3 is 2.58 bits per heavy atom. The molecule has 0 radical (unpaired) electrons. The van der Waals surface area contributed by atoms with Crippen molar-refractivity contribution >= 4 is 33.3 Å². The molecule has 2 aromatic heterocycles. The molecule has 1 atom stereocenters. The summed E-state index contributed by atoms with van der Waals surface area (Å²) in [6, 6.07) is 5.47. The number of aromatic nitrogens is 4. The second-order valence-corrected chi connectivity index (χ2v) is 11.9. The van der Waals surface area contributed by atoms with Crippen LogP contribution in [-0.2, 0) is 11.8 Å². The molecule has 1 saturated heterocycles. The van der Waals surface area contributed by atoms with Gasteiger partial charge in [0.15, 0.2) is 5.82 Å². The first-order valence-corrected chi connectivity index (χ1v) is 14.3. The third-order valence-electron chi connectivity index (χ3n) is 7.82. The minimum absolute atomic E-state index is 0.223. The standard InChI is InChI=1S/C28H35BrClN5O3/c1-6-7-18(36)13-38-19-8-9-22(30)21(10-19)26-31-23(24-17(3)25(29)33-34(24)4)16(2)27(32-26)35-14-28(15-35)11-20(12-28)37-5/h8-10,18,20,36H,6-7,11-15H2,1-5H3/t18-/m1/s1. The Bertz CT molecular complexity index is 1330. The number of hydrogen-bond donors (Lipinski definition) is 1. The van der Waals surface area contributed by atoms with Crippen LogP contribution in [0.25, 0.3) is 22.8 Å². The summed E-state index contributed by atoms with van der Waals surface area (Å²) in [5.74, 6) is 2.06. The average molecular weight is 605 g/mol. The largest absolute Gasteiger partial charge is 0.491 e. The highest BCUT2D eigenvalue weighted by Crippen LogP contribution is 2.51. The fraction of sp³-hybridized carbons (Fsp3) is 0.536. The van der Waals surface area contributed by atoms with Gasteiger partial charge in [0, 0.05) is 49.4 Å². The Morgan fingerprint density at radius 2 is 1.95 bits per heavy atom. The molecule has 1 spiro atoms. The van der Waals surface area contributed by atoms with Gasteiger partial charge in [-0.2, -0.15) is 5.10 Å². The second-order valence-electron chi connectivity index (χ2n) is 10.7. The van der Waals surface area contributed by atoms with E-state index >= 15 is 0 Å². The molecule has 204 valence electrons. The van der Waals surface area contributed by atoms with Crippen molar-refractivity contribution in [3.63, 3.8) is 0 Å². The minimum Gasteiger partial charge on any atom is -0.491 e. The van der Waals surface area contributed by atoms with E-state index in [2.05, 4.69) is 32.9 Å². The molecule has 2 aliphatic rings. The number of aryl methyl sites for hydroxylation is 1. The van der Waals surface area contributed by atoms with E-state index in [1.165, 1.54) is 0 Å². The van der Waals surface area contributed by atoms with Crippen LogP contribution in [-0.4, -0.2) is 63.9 Å². The first-order chi connectivity index (χ1) is 18.1. The molecular formula is C28H35BrClN5O3. The molecule has 0 amide bonds. The van der Waals surface area contributed by atoms with Gasteiger partial charge in [-0.15, -0.1) is 0 Å². The van der Waals surface area contributed by atoms with Gasteiger partial charge in [-0.25, -0.2) is 9.97 Å². The number of methoxy groups -OCH3 is 1. The predicted molar refractivity (Wildman–Crippen MR) is 153 cm³/mol.